The van der Waals surface area contributed by atoms with Crippen LogP contribution >= 0.6 is 0 Å². The van der Waals surface area contributed by atoms with Gasteiger partial charge in [-0.2, -0.15) is 0 Å². The van der Waals surface area contributed by atoms with Gasteiger partial charge in [-0.05, 0) is 54.9 Å². The fourth-order valence-corrected chi connectivity index (χ4v) is 7.25. The van der Waals surface area contributed by atoms with Gasteiger partial charge in [0, 0.05) is 23.2 Å². The normalized spacial score (nSPS) is 51.4. The van der Waals surface area contributed by atoms with E-state index >= 15 is 0 Å². The first-order valence-electron chi connectivity index (χ1n) is 9.09. The van der Waals surface area contributed by atoms with Crippen LogP contribution in [0.5, 0.6) is 0 Å². The van der Waals surface area contributed by atoms with Crippen molar-refractivity contribution in [3.63, 3.8) is 0 Å². The van der Waals surface area contributed by atoms with Gasteiger partial charge in [-0.1, -0.05) is 27.4 Å². The Labute approximate surface area is 138 Å². The SMILES string of the molecule is C=C1C(=O)C23CCC4C(C)(C)C(=O)CCC4(C)C2C(O)CC1C3. The molecule has 0 aromatic rings. The third-order valence-electron chi connectivity index (χ3n) is 8.22. The summed E-state index contributed by atoms with van der Waals surface area (Å²) < 4.78 is 0. The molecule has 0 amide bonds. The van der Waals surface area contributed by atoms with Gasteiger partial charge in [-0.25, -0.2) is 0 Å². The Hall–Kier alpha value is -0.960. The number of allylic oxidation sites excluding steroid dienone is 1. The van der Waals surface area contributed by atoms with Gasteiger partial charge in [-0.15, -0.1) is 0 Å². The predicted octanol–water partition coefficient (Wildman–Crippen LogP) is 3.30. The Balaban J connectivity index is 1.84. The molecule has 3 nitrogen and oxygen atoms in total. The summed E-state index contributed by atoms with van der Waals surface area (Å²) in [4.78, 5) is 25.5. The molecule has 1 N–H and O–H groups in total. The van der Waals surface area contributed by atoms with E-state index in [-0.39, 0.29) is 34.4 Å². The van der Waals surface area contributed by atoms with Crippen molar-refractivity contribution in [3.8, 4) is 0 Å². The molecule has 1 spiro atoms. The summed E-state index contributed by atoms with van der Waals surface area (Å²) in [5.41, 5.74) is -0.120. The average Bonchev–Trinajstić information content (AvgIpc) is 2.65. The van der Waals surface area contributed by atoms with E-state index in [0.717, 1.165) is 31.3 Å². The van der Waals surface area contributed by atoms with Gasteiger partial charge >= 0.3 is 0 Å². The molecule has 6 atom stereocenters. The van der Waals surface area contributed by atoms with Crippen LogP contribution in [-0.4, -0.2) is 22.8 Å². The number of rotatable bonds is 0. The molecule has 4 rings (SSSR count). The predicted molar refractivity (Wildman–Crippen MR) is 87.7 cm³/mol. The second-order valence-electron chi connectivity index (χ2n) is 9.43. The highest BCUT2D eigenvalue weighted by Gasteiger charge is 2.69. The molecule has 0 radical (unpaired) electrons. The molecule has 126 valence electrons. The molecular weight excluding hydrogens is 288 g/mol. The van der Waals surface area contributed by atoms with Crippen LogP contribution in [-0.2, 0) is 9.59 Å². The topological polar surface area (TPSA) is 54.4 Å². The van der Waals surface area contributed by atoms with Gasteiger partial charge in [0.1, 0.15) is 5.78 Å². The van der Waals surface area contributed by atoms with E-state index in [4.69, 9.17) is 0 Å². The zero-order valence-corrected chi connectivity index (χ0v) is 14.5. The molecule has 0 aromatic carbocycles. The zero-order valence-electron chi connectivity index (χ0n) is 14.5. The molecule has 4 fully saturated rings. The van der Waals surface area contributed by atoms with Crippen molar-refractivity contribution in [2.24, 2.45) is 34.0 Å². The highest BCUT2D eigenvalue weighted by atomic mass is 16.3. The highest BCUT2D eigenvalue weighted by Crippen LogP contribution is 2.70. The van der Waals surface area contributed by atoms with Crippen molar-refractivity contribution in [1.82, 2.24) is 0 Å². The Morgan fingerprint density at radius 2 is 1.87 bits per heavy atom. The van der Waals surface area contributed by atoms with Gasteiger partial charge in [0.2, 0.25) is 0 Å². The second-order valence-corrected chi connectivity index (χ2v) is 9.43. The average molecular weight is 316 g/mol. The van der Waals surface area contributed by atoms with Crippen molar-refractivity contribution >= 4 is 11.6 Å². The first-order valence-corrected chi connectivity index (χ1v) is 9.09. The standard InChI is InChI=1S/C20H28O3/c1-11-12-9-13(21)16-19(4)7-6-15(22)18(2,3)14(19)5-8-20(16,10-12)17(11)23/h12-14,16,21H,1,5-10H2,2-4H3. The molecule has 3 heteroatoms. The first kappa shape index (κ1) is 15.6. The van der Waals surface area contributed by atoms with Crippen molar-refractivity contribution in [2.45, 2.75) is 65.4 Å². The third-order valence-corrected chi connectivity index (χ3v) is 8.22. The Bertz CT molecular complexity index is 618. The van der Waals surface area contributed by atoms with E-state index in [1.54, 1.807) is 0 Å². The number of aliphatic hydroxyl groups excluding tert-OH is 1. The number of hydrogen-bond donors (Lipinski definition) is 1. The molecule has 4 saturated carbocycles. The first-order chi connectivity index (χ1) is 10.6. The van der Waals surface area contributed by atoms with Crippen LogP contribution in [0.1, 0.15) is 59.3 Å². The number of ketones is 2. The van der Waals surface area contributed by atoms with E-state index in [1.165, 1.54) is 0 Å². The van der Waals surface area contributed by atoms with Gasteiger partial charge < -0.3 is 5.11 Å². The molecule has 23 heavy (non-hydrogen) atoms. The maximum absolute atomic E-state index is 13.1. The molecule has 0 heterocycles. The highest BCUT2D eigenvalue weighted by molar-refractivity contribution is 6.03. The van der Waals surface area contributed by atoms with E-state index < -0.39 is 11.5 Å². The summed E-state index contributed by atoms with van der Waals surface area (Å²) in [6, 6.07) is 0. The fraction of sp³-hybridized carbons (Fsp3) is 0.800. The van der Waals surface area contributed by atoms with Crippen LogP contribution in [0.3, 0.4) is 0 Å². The molecule has 0 aromatic heterocycles. The number of Topliss-reactive ketones (excluding diaryl/α,β-unsaturated/α-hetero) is 2. The lowest BCUT2D eigenvalue weighted by atomic mass is 9.40. The van der Waals surface area contributed by atoms with Crippen LogP contribution in [0.2, 0.25) is 0 Å². The minimum absolute atomic E-state index is 0.0101. The lowest BCUT2D eigenvalue weighted by molar-refractivity contribution is -0.189. The summed E-state index contributed by atoms with van der Waals surface area (Å²) in [7, 11) is 0. The minimum Gasteiger partial charge on any atom is -0.393 e. The number of fused-ring (bicyclic) bond motifs is 3. The van der Waals surface area contributed by atoms with Crippen LogP contribution in [0.15, 0.2) is 12.2 Å². The fourth-order valence-electron chi connectivity index (χ4n) is 7.25. The Morgan fingerprint density at radius 3 is 2.57 bits per heavy atom. The number of hydrogen-bond acceptors (Lipinski definition) is 3. The van der Waals surface area contributed by atoms with Crippen LogP contribution in [0.4, 0.5) is 0 Å². The Morgan fingerprint density at radius 1 is 1.17 bits per heavy atom. The molecule has 4 aliphatic rings. The molecule has 0 saturated heterocycles. The molecule has 6 unspecified atom stereocenters. The summed E-state index contributed by atoms with van der Waals surface area (Å²) in [5, 5.41) is 11.0. The summed E-state index contributed by atoms with van der Waals surface area (Å²) >= 11 is 0. The second kappa shape index (κ2) is 4.36. The molecule has 2 bridgehead atoms. The monoisotopic (exact) mass is 316 g/mol. The smallest absolute Gasteiger partial charge is 0.165 e. The van der Waals surface area contributed by atoms with E-state index in [0.29, 0.717) is 18.6 Å². The van der Waals surface area contributed by atoms with Crippen molar-refractivity contribution in [2.75, 3.05) is 0 Å². The summed E-state index contributed by atoms with van der Waals surface area (Å²) in [6.07, 6.45) is 4.25. The summed E-state index contributed by atoms with van der Waals surface area (Å²) in [5.74, 6) is 0.996. The minimum atomic E-state index is -0.436. The lowest BCUT2D eigenvalue weighted by Crippen LogP contribution is -2.62. The molecule has 0 aliphatic heterocycles. The van der Waals surface area contributed by atoms with Gasteiger partial charge in [0.25, 0.3) is 0 Å². The van der Waals surface area contributed by atoms with Crippen LogP contribution in [0.25, 0.3) is 0 Å². The van der Waals surface area contributed by atoms with E-state index in [1.807, 2.05) is 0 Å². The van der Waals surface area contributed by atoms with Gasteiger partial charge in [0.05, 0.1) is 6.10 Å². The molecular formula is C20H28O3. The third kappa shape index (κ3) is 1.65. The molecule has 4 aliphatic carbocycles. The zero-order chi connectivity index (χ0) is 16.8. The van der Waals surface area contributed by atoms with Crippen molar-refractivity contribution < 1.29 is 14.7 Å². The number of carbonyl (C=O) groups is 2. The number of carbonyl (C=O) groups excluding carboxylic acids is 2. The van der Waals surface area contributed by atoms with Crippen molar-refractivity contribution in [3.05, 3.63) is 12.2 Å². The Kier molecular flexibility index (Phi) is 2.95. The van der Waals surface area contributed by atoms with Gasteiger partial charge in [-0.3, -0.25) is 9.59 Å². The van der Waals surface area contributed by atoms with Gasteiger partial charge in [0.15, 0.2) is 5.78 Å². The summed E-state index contributed by atoms with van der Waals surface area (Å²) in [6.45, 7) is 10.4. The maximum Gasteiger partial charge on any atom is 0.165 e. The lowest BCUT2D eigenvalue weighted by Gasteiger charge is -2.63. The van der Waals surface area contributed by atoms with Crippen LogP contribution in [0, 0.1) is 34.0 Å². The maximum atomic E-state index is 13.1. The number of aliphatic hydroxyl groups is 1. The van der Waals surface area contributed by atoms with E-state index in [9.17, 15) is 14.7 Å². The van der Waals surface area contributed by atoms with Crippen molar-refractivity contribution in [1.29, 1.82) is 0 Å². The van der Waals surface area contributed by atoms with Crippen LogP contribution < -0.4 is 0 Å². The quantitative estimate of drug-likeness (QED) is 0.698. The largest absolute Gasteiger partial charge is 0.393 e. The van der Waals surface area contributed by atoms with E-state index in [2.05, 4.69) is 27.4 Å².